The predicted molar refractivity (Wildman–Crippen MR) is 112 cm³/mol. The average Bonchev–Trinajstić information content (AvgIpc) is 2.74. The molecule has 0 radical (unpaired) electrons. The van der Waals surface area contributed by atoms with E-state index in [0.717, 1.165) is 31.7 Å². The summed E-state index contributed by atoms with van der Waals surface area (Å²) in [6.07, 6.45) is 0.686. The van der Waals surface area contributed by atoms with Crippen molar-refractivity contribution < 1.29 is 0 Å². The highest BCUT2D eigenvalue weighted by Gasteiger charge is 2.18. The van der Waals surface area contributed by atoms with Crippen LogP contribution < -0.4 is 15.8 Å². The van der Waals surface area contributed by atoms with E-state index >= 15 is 0 Å². The smallest absolute Gasteiger partial charge is 0.252 e. The second-order valence-electron chi connectivity index (χ2n) is 6.99. The lowest BCUT2D eigenvalue weighted by molar-refractivity contribution is 0.311. The van der Waals surface area contributed by atoms with Crippen LogP contribution in [0.25, 0.3) is 11.3 Å². The van der Waals surface area contributed by atoms with Crippen molar-refractivity contribution >= 4 is 17.8 Å². The van der Waals surface area contributed by atoms with Crippen molar-refractivity contribution in [1.82, 2.24) is 29.8 Å². The Balaban J connectivity index is 1.63. The topological polar surface area (TPSA) is 103 Å². The van der Waals surface area contributed by atoms with Crippen molar-refractivity contribution in [3.63, 3.8) is 0 Å². The fourth-order valence-electron chi connectivity index (χ4n) is 3.15. The van der Waals surface area contributed by atoms with Gasteiger partial charge in [-0.3, -0.25) is 15.1 Å². The number of benzene rings is 1. The maximum Gasteiger partial charge on any atom is 0.252 e. The van der Waals surface area contributed by atoms with E-state index in [1.54, 1.807) is 0 Å². The fourth-order valence-corrected chi connectivity index (χ4v) is 3.15. The quantitative estimate of drug-likeness (QED) is 0.676. The van der Waals surface area contributed by atoms with Gasteiger partial charge in [0.25, 0.3) is 5.56 Å². The minimum absolute atomic E-state index is 0.245. The van der Waals surface area contributed by atoms with Gasteiger partial charge in [-0.15, -0.1) is 0 Å². The molecule has 9 nitrogen and oxygen atoms in total. The van der Waals surface area contributed by atoms with Crippen LogP contribution in [0, 0.1) is 0 Å². The zero-order valence-corrected chi connectivity index (χ0v) is 16.6. The fraction of sp³-hybridized carbons (Fsp3) is 0.350. The van der Waals surface area contributed by atoms with Crippen molar-refractivity contribution in [1.29, 1.82) is 0 Å². The van der Waals surface area contributed by atoms with Crippen LogP contribution in [0.1, 0.15) is 12.7 Å². The second kappa shape index (κ2) is 8.36. The lowest BCUT2D eigenvalue weighted by atomic mass is 10.1. The van der Waals surface area contributed by atoms with Gasteiger partial charge in [0, 0.05) is 44.2 Å². The van der Waals surface area contributed by atoms with E-state index in [9.17, 15) is 4.79 Å². The molecule has 29 heavy (non-hydrogen) atoms. The van der Waals surface area contributed by atoms with Gasteiger partial charge in [-0.1, -0.05) is 37.3 Å². The van der Waals surface area contributed by atoms with E-state index in [1.807, 2.05) is 37.3 Å². The minimum atomic E-state index is -0.245. The van der Waals surface area contributed by atoms with Gasteiger partial charge in [-0.2, -0.15) is 15.0 Å². The van der Waals surface area contributed by atoms with Crippen LogP contribution in [-0.4, -0.2) is 63.0 Å². The first-order chi connectivity index (χ1) is 14.1. The number of anilines is 3. The number of aromatic nitrogens is 5. The Bertz CT molecular complexity index is 1030. The monoisotopic (exact) mass is 392 g/mol. The maximum atomic E-state index is 12.1. The van der Waals surface area contributed by atoms with Gasteiger partial charge in [0.1, 0.15) is 5.82 Å². The molecule has 3 heterocycles. The first-order valence-electron chi connectivity index (χ1n) is 9.73. The number of rotatable bonds is 5. The molecule has 1 aromatic carbocycles. The summed E-state index contributed by atoms with van der Waals surface area (Å²) < 4.78 is 0. The number of aromatic amines is 1. The highest BCUT2D eigenvalue weighted by Crippen LogP contribution is 2.18. The van der Waals surface area contributed by atoms with Gasteiger partial charge in [0.2, 0.25) is 17.8 Å². The molecule has 1 aliphatic rings. The predicted octanol–water partition coefficient (Wildman–Crippen LogP) is 1.68. The molecule has 3 aromatic rings. The molecule has 0 saturated carbocycles. The summed E-state index contributed by atoms with van der Waals surface area (Å²) in [4.78, 5) is 37.4. The molecular formula is C20H24N8O. The summed E-state index contributed by atoms with van der Waals surface area (Å²) >= 11 is 0. The van der Waals surface area contributed by atoms with Crippen molar-refractivity contribution in [2.24, 2.45) is 0 Å². The number of piperazine rings is 1. The minimum Gasteiger partial charge on any atom is -0.338 e. The molecular weight excluding hydrogens is 368 g/mol. The van der Waals surface area contributed by atoms with E-state index in [1.165, 1.54) is 6.07 Å². The summed E-state index contributed by atoms with van der Waals surface area (Å²) in [6.45, 7) is 5.65. The molecule has 0 spiro atoms. The van der Waals surface area contributed by atoms with Gasteiger partial charge in [-0.05, 0) is 7.05 Å². The Kier molecular flexibility index (Phi) is 5.48. The van der Waals surface area contributed by atoms with Gasteiger partial charge >= 0.3 is 0 Å². The van der Waals surface area contributed by atoms with E-state index in [0.29, 0.717) is 35.8 Å². The molecule has 2 N–H and O–H groups in total. The van der Waals surface area contributed by atoms with Crippen molar-refractivity contribution in [2.45, 2.75) is 13.3 Å². The Morgan fingerprint density at radius 2 is 1.79 bits per heavy atom. The van der Waals surface area contributed by atoms with Crippen molar-refractivity contribution in [2.75, 3.05) is 43.4 Å². The molecule has 9 heteroatoms. The Morgan fingerprint density at radius 1 is 1.03 bits per heavy atom. The molecule has 1 saturated heterocycles. The Labute approximate surface area is 168 Å². The van der Waals surface area contributed by atoms with Crippen LogP contribution >= 0.6 is 0 Å². The van der Waals surface area contributed by atoms with Gasteiger partial charge in [0.05, 0.1) is 5.69 Å². The molecule has 2 aromatic heterocycles. The third-order valence-corrected chi connectivity index (χ3v) is 4.81. The van der Waals surface area contributed by atoms with Crippen LogP contribution in [0.3, 0.4) is 0 Å². The summed E-state index contributed by atoms with van der Waals surface area (Å²) in [5.74, 6) is 2.01. The summed E-state index contributed by atoms with van der Waals surface area (Å²) in [5, 5.41) is 3.05. The molecule has 1 aliphatic heterocycles. The first kappa shape index (κ1) is 19.0. The number of hydrogen-bond acceptors (Lipinski definition) is 8. The summed E-state index contributed by atoms with van der Waals surface area (Å²) in [7, 11) is 2.11. The number of nitrogens with zero attached hydrogens (tertiary/aromatic N) is 6. The second-order valence-corrected chi connectivity index (χ2v) is 6.99. The number of likely N-dealkylation sites (N-methyl/N-ethyl adjacent to an activating group) is 1. The van der Waals surface area contributed by atoms with E-state index in [2.05, 4.69) is 47.1 Å². The SMILES string of the molecule is CCc1nc(Nc2nc(-c3ccccc3)cc(=O)[nH]2)nc(N2CCN(C)CC2)n1. The lowest BCUT2D eigenvalue weighted by Gasteiger charge is -2.32. The molecule has 0 aliphatic carbocycles. The average molecular weight is 392 g/mol. The van der Waals surface area contributed by atoms with Gasteiger partial charge in [0.15, 0.2) is 0 Å². The van der Waals surface area contributed by atoms with Crippen LogP contribution in [0.2, 0.25) is 0 Å². The van der Waals surface area contributed by atoms with Crippen LogP contribution in [0.5, 0.6) is 0 Å². The van der Waals surface area contributed by atoms with Crippen LogP contribution in [0.15, 0.2) is 41.2 Å². The summed E-state index contributed by atoms with van der Waals surface area (Å²) in [6, 6.07) is 11.0. The van der Waals surface area contributed by atoms with Gasteiger partial charge < -0.3 is 9.80 Å². The number of H-pyrrole nitrogens is 1. The zero-order valence-electron chi connectivity index (χ0n) is 16.6. The lowest BCUT2D eigenvalue weighted by Crippen LogP contribution is -2.45. The standard InChI is InChI=1S/C20H24N8O/c1-3-16-22-19(26-20(23-16)28-11-9-27(2)10-12-28)25-18-21-15(13-17(29)24-18)14-7-5-4-6-8-14/h4-8,13H,3,9-12H2,1-2H3,(H2,21,22,23,24,25,26,29). The third kappa shape index (κ3) is 4.57. The first-order valence-corrected chi connectivity index (χ1v) is 9.73. The van der Waals surface area contributed by atoms with Crippen LogP contribution in [0.4, 0.5) is 17.8 Å². The number of nitrogens with one attached hydrogen (secondary N) is 2. The molecule has 0 unspecified atom stereocenters. The molecule has 1 fully saturated rings. The Morgan fingerprint density at radius 3 is 2.52 bits per heavy atom. The zero-order chi connectivity index (χ0) is 20.2. The van der Waals surface area contributed by atoms with Crippen molar-refractivity contribution in [3.8, 4) is 11.3 Å². The van der Waals surface area contributed by atoms with Gasteiger partial charge in [-0.25, -0.2) is 4.98 Å². The molecule has 150 valence electrons. The Hall–Kier alpha value is -3.33. The molecule has 4 rings (SSSR count). The van der Waals surface area contributed by atoms with E-state index < -0.39 is 0 Å². The normalized spacial score (nSPS) is 14.8. The third-order valence-electron chi connectivity index (χ3n) is 4.81. The largest absolute Gasteiger partial charge is 0.338 e. The van der Waals surface area contributed by atoms with Crippen molar-refractivity contribution in [3.05, 3.63) is 52.6 Å². The number of hydrogen-bond donors (Lipinski definition) is 2. The van der Waals surface area contributed by atoms with E-state index in [-0.39, 0.29) is 5.56 Å². The molecule has 0 atom stereocenters. The van der Waals surface area contributed by atoms with E-state index in [4.69, 9.17) is 0 Å². The number of aryl methyl sites for hydroxylation is 1. The highest BCUT2D eigenvalue weighted by molar-refractivity contribution is 5.60. The maximum absolute atomic E-state index is 12.1. The summed E-state index contributed by atoms with van der Waals surface area (Å²) in [5.41, 5.74) is 1.20. The van der Waals surface area contributed by atoms with Crippen LogP contribution in [-0.2, 0) is 6.42 Å². The molecule has 0 amide bonds. The highest BCUT2D eigenvalue weighted by atomic mass is 16.1. The molecule has 0 bridgehead atoms.